The summed E-state index contributed by atoms with van der Waals surface area (Å²) in [6.07, 6.45) is 0.967. The summed E-state index contributed by atoms with van der Waals surface area (Å²) >= 11 is 0. The van der Waals surface area contributed by atoms with E-state index in [1.807, 2.05) is 31.2 Å². The summed E-state index contributed by atoms with van der Waals surface area (Å²) in [5.41, 5.74) is 2.06. The van der Waals surface area contributed by atoms with Crippen molar-refractivity contribution in [3.8, 4) is 0 Å². The van der Waals surface area contributed by atoms with Crippen molar-refractivity contribution in [2.24, 2.45) is 4.99 Å². The first-order chi connectivity index (χ1) is 8.24. The molecule has 0 fully saturated rings. The predicted molar refractivity (Wildman–Crippen MR) is 63.9 cm³/mol. The van der Waals surface area contributed by atoms with Crippen LogP contribution in [-0.4, -0.2) is 25.0 Å². The van der Waals surface area contributed by atoms with E-state index in [-0.39, 0.29) is 12.1 Å². The van der Waals surface area contributed by atoms with Crippen molar-refractivity contribution in [1.29, 1.82) is 0 Å². The molecule has 1 aromatic rings. The van der Waals surface area contributed by atoms with Crippen LogP contribution in [0.4, 0.5) is 0 Å². The van der Waals surface area contributed by atoms with Crippen LogP contribution in [0.25, 0.3) is 0 Å². The van der Waals surface area contributed by atoms with Crippen molar-refractivity contribution in [3.63, 3.8) is 0 Å². The van der Waals surface area contributed by atoms with E-state index in [9.17, 15) is 4.79 Å². The Morgan fingerprint density at radius 2 is 2.24 bits per heavy atom. The number of aryl methyl sites for hydroxylation is 1. The van der Waals surface area contributed by atoms with Crippen molar-refractivity contribution in [1.82, 2.24) is 0 Å². The van der Waals surface area contributed by atoms with Crippen LogP contribution in [0.15, 0.2) is 29.3 Å². The summed E-state index contributed by atoms with van der Waals surface area (Å²) in [6, 6.07) is 7.22. The molecule has 0 N–H and O–H groups in total. The largest absolute Gasteiger partial charge is 0.473 e. The van der Waals surface area contributed by atoms with Crippen molar-refractivity contribution in [3.05, 3.63) is 35.4 Å². The van der Waals surface area contributed by atoms with E-state index in [0.29, 0.717) is 6.61 Å². The van der Waals surface area contributed by atoms with Crippen LogP contribution in [0, 0.1) is 6.92 Å². The zero-order chi connectivity index (χ0) is 12.3. The fourth-order valence-corrected chi connectivity index (χ4v) is 1.88. The van der Waals surface area contributed by atoms with Gasteiger partial charge in [0.1, 0.15) is 0 Å². The predicted octanol–water partition coefficient (Wildman–Crippen LogP) is 2.03. The number of nitrogens with zero attached hydrogens (tertiary/aromatic N) is 1. The van der Waals surface area contributed by atoms with E-state index in [4.69, 9.17) is 9.47 Å². The molecular weight excluding hydrogens is 218 g/mol. The number of carbonyl (C=O) groups is 1. The summed E-state index contributed by atoms with van der Waals surface area (Å²) in [5, 5.41) is 0. The molecule has 2 unspecified atom stereocenters. The Bertz CT molecular complexity index is 442. The van der Waals surface area contributed by atoms with Crippen LogP contribution < -0.4 is 0 Å². The molecule has 1 heterocycles. The summed E-state index contributed by atoms with van der Waals surface area (Å²) in [7, 11) is 0. The average molecular weight is 233 g/mol. The maximum absolute atomic E-state index is 11.7. The Hall–Kier alpha value is -1.84. The number of ether oxygens (including phenoxy) is 2. The summed E-state index contributed by atoms with van der Waals surface area (Å²) in [6.45, 7) is 4.12. The lowest BCUT2D eigenvalue weighted by atomic mass is 9.98. The molecule has 0 bridgehead atoms. The molecule has 4 heteroatoms. The first kappa shape index (κ1) is 11.6. The molecule has 1 aliphatic heterocycles. The Kier molecular flexibility index (Phi) is 3.42. The molecule has 1 aromatic carbocycles. The lowest BCUT2D eigenvalue weighted by Gasteiger charge is -2.18. The van der Waals surface area contributed by atoms with Gasteiger partial charge in [0.25, 0.3) is 0 Å². The van der Waals surface area contributed by atoms with Crippen LogP contribution >= 0.6 is 0 Å². The van der Waals surface area contributed by atoms with Gasteiger partial charge in [-0.2, -0.15) is 0 Å². The maximum Gasteiger partial charge on any atom is 0.335 e. The van der Waals surface area contributed by atoms with Crippen molar-refractivity contribution < 1.29 is 14.3 Å². The first-order valence-electron chi connectivity index (χ1n) is 5.63. The van der Waals surface area contributed by atoms with E-state index < -0.39 is 6.04 Å². The van der Waals surface area contributed by atoms with Gasteiger partial charge in [-0.05, 0) is 25.0 Å². The fourth-order valence-electron chi connectivity index (χ4n) is 1.88. The standard InChI is InChI=1S/C13H15NO3/c1-3-16-13(15)11-12(17-8-14-11)10-7-5-4-6-9(10)2/h4-8,11-12H,3H2,1-2H3. The molecule has 4 nitrogen and oxygen atoms in total. The minimum Gasteiger partial charge on any atom is -0.473 e. The van der Waals surface area contributed by atoms with Gasteiger partial charge in [-0.3, -0.25) is 0 Å². The molecule has 0 saturated carbocycles. The highest BCUT2D eigenvalue weighted by Gasteiger charge is 2.35. The quantitative estimate of drug-likeness (QED) is 0.750. The van der Waals surface area contributed by atoms with Gasteiger partial charge in [0.15, 0.2) is 18.5 Å². The third-order valence-electron chi connectivity index (χ3n) is 2.74. The van der Waals surface area contributed by atoms with Crippen molar-refractivity contribution >= 4 is 12.4 Å². The van der Waals surface area contributed by atoms with Crippen LogP contribution in [0.2, 0.25) is 0 Å². The minimum absolute atomic E-state index is 0.338. The second-order valence-electron chi connectivity index (χ2n) is 3.86. The SMILES string of the molecule is CCOC(=O)C1N=COC1c1ccccc1C. The highest BCUT2D eigenvalue weighted by Crippen LogP contribution is 2.29. The zero-order valence-corrected chi connectivity index (χ0v) is 9.92. The monoisotopic (exact) mass is 233 g/mol. The first-order valence-corrected chi connectivity index (χ1v) is 5.63. The highest BCUT2D eigenvalue weighted by atomic mass is 16.5. The Labute approximate surface area is 100 Å². The summed E-state index contributed by atoms with van der Waals surface area (Å²) < 4.78 is 10.4. The number of rotatable bonds is 3. The lowest BCUT2D eigenvalue weighted by molar-refractivity contribution is -0.146. The third kappa shape index (κ3) is 2.30. The molecule has 2 atom stereocenters. The van der Waals surface area contributed by atoms with Crippen molar-refractivity contribution in [2.45, 2.75) is 26.0 Å². The molecular formula is C13H15NO3. The number of aliphatic imine (C=N–C) groups is 1. The highest BCUT2D eigenvalue weighted by molar-refractivity contribution is 5.80. The maximum atomic E-state index is 11.7. The van der Waals surface area contributed by atoms with E-state index in [0.717, 1.165) is 11.1 Å². The van der Waals surface area contributed by atoms with Crippen LogP contribution in [0.3, 0.4) is 0 Å². The number of hydrogen-bond acceptors (Lipinski definition) is 4. The van der Waals surface area contributed by atoms with Gasteiger partial charge in [-0.1, -0.05) is 24.3 Å². The lowest BCUT2D eigenvalue weighted by Crippen LogP contribution is -2.26. The summed E-state index contributed by atoms with van der Waals surface area (Å²) in [5.74, 6) is -0.338. The summed E-state index contributed by atoms with van der Waals surface area (Å²) in [4.78, 5) is 15.8. The van der Waals surface area contributed by atoms with E-state index in [1.165, 1.54) is 6.40 Å². The average Bonchev–Trinajstić information content (AvgIpc) is 2.79. The second-order valence-corrected chi connectivity index (χ2v) is 3.86. The molecule has 0 saturated heterocycles. The Morgan fingerprint density at radius 1 is 1.47 bits per heavy atom. The molecule has 0 radical (unpaired) electrons. The topological polar surface area (TPSA) is 47.9 Å². The molecule has 1 aliphatic rings. The number of hydrogen-bond donors (Lipinski definition) is 0. The van der Waals surface area contributed by atoms with Crippen LogP contribution in [0.1, 0.15) is 24.2 Å². The molecule has 0 amide bonds. The molecule has 2 rings (SSSR count). The minimum atomic E-state index is -0.587. The fraction of sp³-hybridized carbons (Fsp3) is 0.385. The van der Waals surface area contributed by atoms with E-state index in [2.05, 4.69) is 4.99 Å². The van der Waals surface area contributed by atoms with E-state index in [1.54, 1.807) is 6.92 Å². The third-order valence-corrected chi connectivity index (χ3v) is 2.74. The molecule has 90 valence electrons. The van der Waals surface area contributed by atoms with Crippen LogP contribution in [-0.2, 0) is 14.3 Å². The van der Waals surface area contributed by atoms with E-state index >= 15 is 0 Å². The van der Waals surface area contributed by atoms with Gasteiger partial charge in [0.2, 0.25) is 0 Å². The Morgan fingerprint density at radius 3 is 2.94 bits per heavy atom. The van der Waals surface area contributed by atoms with Gasteiger partial charge in [-0.25, -0.2) is 9.79 Å². The smallest absolute Gasteiger partial charge is 0.335 e. The number of carbonyl (C=O) groups excluding carboxylic acids is 1. The molecule has 0 aliphatic carbocycles. The number of benzene rings is 1. The Balaban J connectivity index is 2.22. The second kappa shape index (κ2) is 4.99. The molecule has 17 heavy (non-hydrogen) atoms. The van der Waals surface area contributed by atoms with Gasteiger partial charge in [0, 0.05) is 0 Å². The van der Waals surface area contributed by atoms with Crippen LogP contribution in [0.5, 0.6) is 0 Å². The number of esters is 1. The van der Waals surface area contributed by atoms with Gasteiger partial charge >= 0.3 is 5.97 Å². The van der Waals surface area contributed by atoms with Gasteiger partial charge < -0.3 is 9.47 Å². The molecule has 0 spiro atoms. The van der Waals surface area contributed by atoms with Gasteiger partial charge in [0.05, 0.1) is 6.61 Å². The molecule has 0 aromatic heterocycles. The normalized spacial score (nSPS) is 22.2. The van der Waals surface area contributed by atoms with Gasteiger partial charge in [-0.15, -0.1) is 0 Å². The van der Waals surface area contributed by atoms with Crippen molar-refractivity contribution in [2.75, 3.05) is 6.61 Å². The zero-order valence-electron chi connectivity index (χ0n) is 9.92.